The molecule has 8 nitrogen and oxygen atoms in total. The Bertz CT molecular complexity index is 806. The van der Waals surface area contributed by atoms with Crippen LogP contribution in [0.25, 0.3) is 0 Å². The van der Waals surface area contributed by atoms with Crippen LogP contribution in [0.4, 0.5) is 5.69 Å². The van der Waals surface area contributed by atoms with Crippen molar-refractivity contribution in [2.45, 2.75) is 32.7 Å². The van der Waals surface area contributed by atoms with Gasteiger partial charge in [-0.1, -0.05) is 12.2 Å². The van der Waals surface area contributed by atoms with Crippen LogP contribution in [0.2, 0.25) is 0 Å². The van der Waals surface area contributed by atoms with Crippen molar-refractivity contribution in [1.82, 2.24) is 4.90 Å². The predicted octanol–water partition coefficient (Wildman–Crippen LogP) is 1.91. The van der Waals surface area contributed by atoms with E-state index in [2.05, 4.69) is 5.32 Å². The van der Waals surface area contributed by atoms with E-state index in [-0.39, 0.29) is 11.8 Å². The minimum absolute atomic E-state index is 0.354. The van der Waals surface area contributed by atoms with Gasteiger partial charge in [-0.25, -0.2) is 4.79 Å². The number of hydrogen-bond donors (Lipinski definition) is 1. The van der Waals surface area contributed by atoms with E-state index >= 15 is 0 Å². The number of imide groups is 1. The largest absolute Gasteiger partial charge is 0.494 e. The average Bonchev–Trinajstić information content (AvgIpc) is 2.98. The molecule has 1 aromatic rings. The maximum Gasteiger partial charge on any atom is 0.329 e. The first kappa shape index (κ1) is 20.6. The summed E-state index contributed by atoms with van der Waals surface area (Å²) in [5, 5.41) is 2.61. The van der Waals surface area contributed by atoms with Crippen LogP contribution in [-0.2, 0) is 23.9 Å². The quantitative estimate of drug-likeness (QED) is 0.426. The second-order valence-electron chi connectivity index (χ2n) is 6.99. The maximum absolute atomic E-state index is 12.5. The summed E-state index contributed by atoms with van der Waals surface area (Å²) in [6.45, 7) is 3.34. The van der Waals surface area contributed by atoms with Gasteiger partial charge in [-0.15, -0.1) is 0 Å². The topological polar surface area (TPSA) is 102 Å². The van der Waals surface area contributed by atoms with Gasteiger partial charge in [0.1, 0.15) is 11.8 Å². The van der Waals surface area contributed by atoms with Crippen molar-refractivity contribution >= 4 is 29.4 Å². The van der Waals surface area contributed by atoms with Crippen molar-refractivity contribution in [2.75, 3.05) is 18.5 Å². The van der Waals surface area contributed by atoms with Crippen LogP contribution >= 0.6 is 0 Å². The first-order valence-electron chi connectivity index (χ1n) is 9.63. The molecule has 3 amide bonds. The van der Waals surface area contributed by atoms with Gasteiger partial charge in [0.05, 0.1) is 18.4 Å². The third kappa shape index (κ3) is 4.47. The highest BCUT2D eigenvalue weighted by Crippen LogP contribution is 2.36. The lowest BCUT2D eigenvalue weighted by Gasteiger charge is -2.21. The summed E-state index contributed by atoms with van der Waals surface area (Å²) < 4.78 is 10.4. The number of hydrogen-bond acceptors (Lipinski definition) is 6. The lowest BCUT2D eigenvalue weighted by atomic mass is 9.85. The van der Waals surface area contributed by atoms with E-state index in [0.717, 1.165) is 4.90 Å². The molecule has 1 fully saturated rings. The minimum Gasteiger partial charge on any atom is -0.494 e. The Hall–Kier alpha value is -3.16. The van der Waals surface area contributed by atoms with Crippen LogP contribution in [0.5, 0.6) is 5.75 Å². The van der Waals surface area contributed by atoms with E-state index in [1.807, 2.05) is 19.1 Å². The van der Waals surface area contributed by atoms with Crippen molar-refractivity contribution in [2.24, 2.45) is 11.8 Å². The number of esters is 1. The number of carbonyl (C=O) groups is 4. The molecule has 8 heteroatoms. The molecule has 1 saturated heterocycles. The Labute approximate surface area is 168 Å². The van der Waals surface area contributed by atoms with Gasteiger partial charge in [0.2, 0.25) is 11.8 Å². The number of likely N-dealkylation sites (tertiary alicyclic amines) is 1. The molecule has 0 unspecified atom stereocenters. The molecule has 0 aromatic heterocycles. The second-order valence-corrected chi connectivity index (χ2v) is 6.99. The number of ether oxygens (including phenoxy) is 2. The molecule has 0 spiro atoms. The monoisotopic (exact) mass is 400 g/mol. The number of carbonyl (C=O) groups excluding carboxylic acids is 4. The zero-order valence-corrected chi connectivity index (χ0v) is 16.4. The highest BCUT2D eigenvalue weighted by molar-refractivity contribution is 6.08. The summed E-state index contributed by atoms with van der Waals surface area (Å²) >= 11 is 0. The number of benzene rings is 1. The molecule has 0 saturated carbocycles. The number of amides is 3. The summed E-state index contributed by atoms with van der Waals surface area (Å²) in [6.07, 6.45) is 4.75. The second kappa shape index (κ2) is 8.89. The zero-order chi connectivity index (χ0) is 21.0. The van der Waals surface area contributed by atoms with Gasteiger partial charge in [0, 0.05) is 5.69 Å². The van der Waals surface area contributed by atoms with Crippen LogP contribution in [0.15, 0.2) is 36.4 Å². The highest BCUT2D eigenvalue weighted by atomic mass is 16.5. The highest BCUT2D eigenvalue weighted by Gasteiger charge is 2.50. The van der Waals surface area contributed by atoms with Gasteiger partial charge in [0.15, 0.2) is 6.61 Å². The number of allylic oxidation sites excluding steroid dienone is 2. The molecule has 3 rings (SSSR count). The van der Waals surface area contributed by atoms with E-state index in [0.29, 0.717) is 30.9 Å². The fraction of sp³-hybridized carbons (Fsp3) is 0.429. The van der Waals surface area contributed by atoms with Crippen molar-refractivity contribution in [3.8, 4) is 5.75 Å². The molecular weight excluding hydrogens is 376 g/mol. The predicted molar refractivity (Wildman–Crippen MR) is 104 cm³/mol. The third-order valence-corrected chi connectivity index (χ3v) is 5.06. The normalized spacial score (nSPS) is 21.5. The number of nitrogens with one attached hydrogen (secondary N) is 1. The van der Waals surface area contributed by atoms with E-state index in [9.17, 15) is 19.2 Å². The number of rotatable bonds is 7. The Kier molecular flexibility index (Phi) is 6.31. The maximum atomic E-state index is 12.5. The summed E-state index contributed by atoms with van der Waals surface area (Å²) in [5.74, 6) is -2.16. The van der Waals surface area contributed by atoms with Crippen molar-refractivity contribution in [3.05, 3.63) is 36.4 Å². The van der Waals surface area contributed by atoms with E-state index in [1.54, 1.807) is 24.3 Å². The molecule has 2 aliphatic rings. The molecule has 1 aliphatic carbocycles. The summed E-state index contributed by atoms with van der Waals surface area (Å²) in [4.78, 5) is 50.4. The SMILES string of the molecule is CCOc1ccc(NC(=O)COC(=O)[C@H](C)N2C(=O)[C@@H]3CC=CC[C@H]3C2=O)cc1. The summed E-state index contributed by atoms with van der Waals surface area (Å²) in [7, 11) is 0. The summed E-state index contributed by atoms with van der Waals surface area (Å²) in [6, 6.07) is 5.70. The molecule has 0 radical (unpaired) electrons. The van der Waals surface area contributed by atoms with Crippen molar-refractivity contribution in [1.29, 1.82) is 0 Å². The Balaban J connectivity index is 1.51. The molecule has 3 atom stereocenters. The van der Waals surface area contributed by atoms with E-state index < -0.39 is 36.4 Å². The Morgan fingerprint density at radius 1 is 1.10 bits per heavy atom. The molecule has 1 N–H and O–H groups in total. The van der Waals surface area contributed by atoms with Gasteiger partial charge >= 0.3 is 5.97 Å². The molecule has 29 heavy (non-hydrogen) atoms. The molecule has 1 aliphatic heterocycles. The van der Waals surface area contributed by atoms with Crippen molar-refractivity contribution in [3.63, 3.8) is 0 Å². The van der Waals surface area contributed by atoms with Gasteiger partial charge in [0.25, 0.3) is 5.91 Å². The third-order valence-electron chi connectivity index (χ3n) is 5.06. The Morgan fingerprint density at radius 3 is 2.24 bits per heavy atom. The van der Waals surface area contributed by atoms with Crippen molar-refractivity contribution < 1.29 is 28.7 Å². The van der Waals surface area contributed by atoms with Crippen LogP contribution < -0.4 is 10.1 Å². The van der Waals surface area contributed by atoms with Gasteiger partial charge < -0.3 is 14.8 Å². The van der Waals surface area contributed by atoms with Crippen LogP contribution in [0, 0.1) is 11.8 Å². The zero-order valence-electron chi connectivity index (χ0n) is 16.4. The molecular formula is C21H24N2O6. The van der Waals surface area contributed by atoms with Gasteiger partial charge in [-0.3, -0.25) is 19.3 Å². The molecule has 0 bridgehead atoms. The fourth-order valence-corrected chi connectivity index (χ4v) is 3.57. The first-order chi connectivity index (χ1) is 13.9. The first-order valence-corrected chi connectivity index (χ1v) is 9.63. The van der Waals surface area contributed by atoms with Gasteiger partial charge in [-0.05, 0) is 51.0 Å². The summed E-state index contributed by atoms with van der Waals surface area (Å²) in [5.41, 5.74) is 0.532. The number of fused-ring (bicyclic) bond motifs is 1. The standard InChI is InChI=1S/C21H24N2O6/c1-3-28-15-10-8-14(9-11-15)22-18(24)12-29-21(27)13(2)23-19(25)16-6-4-5-7-17(16)20(23)26/h4-5,8-11,13,16-17H,3,6-7,12H2,1-2H3,(H,22,24)/t13-,16+,17+/m0/s1. The smallest absolute Gasteiger partial charge is 0.329 e. The lowest BCUT2D eigenvalue weighted by Crippen LogP contribution is -2.45. The van der Waals surface area contributed by atoms with Gasteiger partial charge in [-0.2, -0.15) is 0 Å². The lowest BCUT2D eigenvalue weighted by molar-refractivity contribution is -0.159. The van der Waals surface area contributed by atoms with E-state index in [4.69, 9.17) is 9.47 Å². The minimum atomic E-state index is -1.07. The number of nitrogens with zero attached hydrogens (tertiary/aromatic N) is 1. The average molecular weight is 400 g/mol. The van der Waals surface area contributed by atoms with Crippen LogP contribution in [-0.4, -0.2) is 47.8 Å². The molecule has 1 heterocycles. The van der Waals surface area contributed by atoms with Crippen LogP contribution in [0.1, 0.15) is 26.7 Å². The Morgan fingerprint density at radius 2 is 1.69 bits per heavy atom. The fourth-order valence-electron chi connectivity index (χ4n) is 3.57. The van der Waals surface area contributed by atoms with E-state index in [1.165, 1.54) is 6.92 Å². The number of anilines is 1. The molecule has 1 aromatic carbocycles. The molecule has 154 valence electrons. The van der Waals surface area contributed by atoms with Crippen LogP contribution in [0.3, 0.4) is 0 Å².